The lowest BCUT2D eigenvalue weighted by Gasteiger charge is -2.17. The molecule has 29 heavy (non-hydrogen) atoms. The van der Waals surface area contributed by atoms with Crippen LogP contribution in [0.1, 0.15) is 25.3 Å². The van der Waals surface area contributed by atoms with Crippen LogP contribution in [0.5, 0.6) is 0 Å². The van der Waals surface area contributed by atoms with Crippen molar-refractivity contribution in [2.45, 2.75) is 19.8 Å². The average molecular weight is 428 g/mol. The normalized spacial score (nSPS) is 11.4. The van der Waals surface area contributed by atoms with Crippen molar-refractivity contribution in [1.82, 2.24) is 14.5 Å². The first-order valence-electron chi connectivity index (χ1n) is 9.00. The molecule has 7 heteroatoms. The molecule has 0 fully saturated rings. The van der Waals surface area contributed by atoms with Crippen LogP contribution < -0.4 is 5.69 Å². The van der Waals surface area contributed by atoms with Gasteiger partial charge in [0.25, 0.3) is 0 Å². The first-order chi connectivity index (χ1) is 13.9. The van der Waals surface area contributed by atoms with Crippen molar-refractivity contribution in [2.24, 2.45) is 0 Å². The first-order valence-corrected chi connectivity index (χ1v) is 9.76. The van der Waals surface area contributed by atoms with Gasteiger partial charge < -0.3 is 0 Å². The monoisotopic (exact) mass is 427 g/mol. The van der Waals surface area contributed by atoms with Crippen molar-refractivity contribution >= 4 is 34.1 Å². The number of aromatic nitrogens is 3. The lowest BCUT2D eigenvalue weighted by molar-refractivity contribution is 0.631. The molecular weight excluding hydrogens is 412 g/mol. The third kappa shape index (κ3) is 3.41. The highest BCUT2D eigenvalue weighted by Crippen LogP contribution is 2.36. The second-order valence-corrected chi connectivity index (χ2v) is 7.69. The molecule has 4 aromatic rings. The van der Waals surface area contributed by atoms with Crippen molar-refractivity contribution in [3.8, 4) is 16.9 Å². The van der Waals surface area contributed by atoms with Crippen molar-refractivity contribution in [2.75, 3.05) is 0 Å². The summed E-state index contributed by atoms with van der Waals surface area (Å²) in [5.74, 6) is 0.168. The highest BCUT2D eigenvalue weighted by Gasteiger charge is 2.19. The van der Waals surface area contributed by atoms with Crippen LogP contribution in [0, 0.1) is 5.82 Å². The fourth-order valence-electron chi connectivity index (χ4n) is 3.35. The van der Waals surface area contributed by atoms with Crippen molar-refractivity contribution in [1.29, 1.82) is 0 Å². The lowest BCUT2D eigenvalue weighted by Crippen LogP contribution is -2.24. The molecule has 0 amide bonds. The zero-order valence-corrected chi connectivity index (χ0v) is 17.2. The summed E-state index contributed by atoms with van der Waals surface area (Å²) in [6.45, 7) is 4.03. The Morgan fingerprint density at radius 3 is 2.52 bits per heavy atom. The smallest absolute Gasteiger partial charge is 0.245 e. The van der Waals surface area contributed by atoms with Gasteiger partial charge in [0.05, 0.1) is 5.52 Å². The molecule has 0 aliphatic carbocycles. The average Bonchev–Trinajstić information content (AvgIpc) is 2.69. The Bertz CT molecular complexity index is 1300. The summed E-state index contributed by atoms with van der Waals surface area (Å²) in [5.41, 5.74) is 1.55. The van der Waals surface area contributed by atoms with Crippen LogP contribution in [0.15, 0.2) is 59.5 Å². The van der Waals surface area contributed by atoms with Crippen molar-refractivity contribution in [3.05, 3.63) is 86.8 Å². The van der Waals surface area contributed by atoms with E-state index in [1.807, 2.05) is 26.0 Å². The molecule has 0 aliphatic rings. The molecule has 146 valence electrons. The quantitative estimate of drug-likeness (QED) is 0.375. The molecule has 2 aromatic heterocycles. The minimum atomic E-state index is -0.565. The Morgan fingerprint density at radius 1 is 1.03 bits per heavy atom. The summed E-state index contributed by atoms with van der Waals surface area (Å²) < 4.78 is 15.8. The molecule has 0 spiro atoms. The second kappa shape index (κ2) is 7.58. The molecule has 4 nitrogen and oxygen atoms in total. The van der Waals surface area contributed by atoms with E-state index < -0.39 is 11.5 Å². The Hall–Kier alpha value is -2.76. The van der Waals surface area contributed by atoms with Gasteiger partial charge in [-0.1, -0.05) is 61.3 Å². The van der Waals surface area contributed by atoms with Crippen LogP contribution in [-0.2, 0) is 0 Å². The SMILES string of the molecule is CC(C)c1cccnc1-n1c(=O)nc(Cl)c2cc(Cl)c(-c3ccccc3F)cc21. The molecular formula is C22H16Cl2FN3O. The van der Waals surface area contributed by atoms with Gasteiger partial charge in [-0.2, -0.15) is 4.98 Å². The standard InChI is InChI=1S/C22H16Cl2FN3O/c1-12(2)13-7-5-9-26-21(13)28-19-11-15(14-6-3-4-8-18(14)25)17(23)10-16(19)20(24)27-22(28)29/h3-12H,1-2H3. The Kier molecular flexibility index (Phi) is 5.11. The fourth-order valence-corrected chi connectivity index (χ4v) is 3.84. The summed E-state index contributed by atoms with van der Waals surface area (Å²) in [6.07, 6.45) is 1.61. The zero-order chi connectivity index (χ0) is 20.7. The van der Waals surface area contributed by atoms with Crippen molar-refractivity contribution in [3.63, 3.8) is 0 Å². The van der Waals surface area contributed by atoms with E-state index in [1.54, 1.807) is 36.5 Å². The molecule has 0 saturated carbocycles. The molecule has 0 atom stereocenters. The highest BCUT2D eigenvalue weighted by molar-refractivity contribution is 6.37. The Labute approximate surface area is 176 Å². The maximum atomic E-state index is 14.4. The molecule has 4 rings (SSSR count). The van der Waals surface area contributed by atoms with Crippen LogP contribution in [0.2, 0.25) is 10.2 Å². The number of hydrogen-bond acceptors (Lipinski definition) is 3. The van der Waals surface area contributed by atoms with Crippen LogP contribution in [0.4, 0.5) is 4.39 Å². The third-order valence-corrected chi connectivity index (χ3v) is 5.35. The number of halogens is 3. The van der Waals surface area contributed by atoms with Crippen molar-refractivity contribution < 1.29 is 4.39 Å². The van der Waals surface area contributed by atoms with Gasteiger partial charge in [-0.15, -0.1) is 0 Å². The molecule has 0 saturated heterocycles. The minimum absolute atomic E-state index is 0.0326. The summed E-state index contributed by atoms with van der Waals surface area (Å²) >= 11 is 12.7. The number of pyridine rings is 1. The van der Waals surface area contributed by atoms with E-state index >= 15 is 0 Å². The molecule has 0 aliphatic heterocycles. The van der Waals surface area contributed by atoms with E-state index in [9.17, 15) is 9.18 Å². The van der Waals surface area contributed by atoms with Gasteiger partial charge in [0, 0.05) is 27.7 Å². The highest BCUT2D eigenvalue weighted by atomic mass is 35.5. The molecule has 0 bridgehead atoms. The van der Waals surface area contributed by atoms with E-state index in [0.717, 1.165) is 5.56 Å². The lowest BCUT2D eigenvalue weighted by atomic mass is 10.0. The van der Waals surface area contributed by atoms with Gasteiger partial charge in [0.2, 0.25) is 0 Å². The minimum Gasteiger partial charge on any atom is -0.245 e. The van der Waals surface area contributed by atoms with E-state index in [2.05, 4.69) is 9.97 Å². The predicted octanol–water partition coefficient (Wildman–Crippen LogP) is 6.02. The number of hydrogen-bond donors (Lipinski definition) is 0. The molecule has 2 aromatic carbocycles. The largest absolute Gasteiger partial charge is 0.355 e. The predicted molar refractivity (Wildman–Crippen MR) is 115 cm³/mol. The van der Waals surface area contributed by atoms with E-state index in [-0.39, 0.29) is 11.1 Å². The molecule has 0 N–H and O–H groups in total. The van der Waals surface area contributed by atoms with Gasteiger partial charge in [-0.25, -0.2) is 18.7 Å². The maximum Gasteiger partial charge on any atom is 0.355 e. The zero-order valence-electron chi connectivity index (χ0n) is 15.7. The molecule has 0 radical (unpaired) electrons. The Morgan fingerprint density at radius 2 is 1.79 bits per heavy atom. The van der Waals surface area contributed by atoms with Gasteiger partial charge in [-0.05, 0) is 35.7 Å². The number of rotatable bonds is 3. The third-order valence-electron chi connectivity index (χ3n) is 4.75. The molecule has 0 unspecified atom stereocenters. The number of nitrogens with zero attached hydrogens (tertiary/aromatic N) is 3. The first kappa shape index (κ1) is 19.6. The van der Waals surface area contributed by atoms with Gasteiger partial charge in [0.15, 0.2) is 0 Å². The van der Waals surface area contributed by atoms with Gasteiger partial charge in [-0.3, -0.25) is 0 Å². The van der Waals surface area contributed by atoms with Gasteiger partial charge >= 0.3 is 5.69 Å². The van der Waals surface area contributed by atoms with Crippen LogP contribution in [-0.4, -0.2) is 14.5 Å². The Balaban J connectivity index is 2.13. The van der Waals surface area contributed by atoms with E-state index in [0.29, 0.717) is 32.9 Å². The van der Waals surface area contributed by atoms with E-state index in [1.165, 1.54) is 10.6 Å². The molecule has 2 heterocycles. The van der Waals surface area contributed by atoms with E-state index in [4.69, 9.17) is 23.2 Å². The summed E-state index contributed by atoms with van der Waals surface area (Å²) in [7, 11) is 0. The fraction of sp³-hybridized carbons (Fsp3) is 0.136. The summed E-state index contributed by atoms with van der Waals surface area (Å²) in [6, 6.07) is 13.3. The number of benzene rings is 2. The second-order valence-electron chi connectivity index (χ2n) is 6.92. The summed E-state index contributed by atoms with van der Waals surface area (Å²) in [5, 5.41) is 0.823. The van der Waals surface area contributed by atoms with Gasteiger partial charge in [0.1, 0.15) is 16.8 Å². The topological polar surface area (TPSA) is 47.8 Å². The van der Waals surface area contributed by atoms with Crippen LogP contribution in [0.3, 0.4) is 0 Å². The van der Waals surface area contributed by atoms with Crippen LogP contribution >= 0.6 is 23.2 Å². The summed E-state index contributed by atoms with van der Waals surface area (Å²) in [4.78, 5) is 21.2. The number of fused-ring (bicyclic) bond motifs is 1. The van der Waals surface area contributed by atoms with Crippen LogP contribution in [0.25, 0.3) is 27.8 Å². The maximum absolute atomic E-state index is 14.4.